The summed E-state index contributed by atoms with van der Waals surface area (Å²) in [5, 5.41) is 9.77. The van der Waals surface area contributed by atoms with Gasteiger partial charge >= 0.3 is 0 Å². The molecular formula is C26H27ClF2N4O3. The number of aromatic nitrogens is 2. The fourth-order valence-corrected chi connectivity index (χ4v) is 4.94. The van der Waals surface area contributed by atoms with Gasteiger partial charge in [0.2, 0.25) is 11.8 Å². The van der Waals surface area contributed by atoms with Gasteiger partial charge in [-0.25, -0.2) is 8.78 Å². The van der Waals surface area contributed by atoms with E-state index >= 15 is 0 Å². The Hall–Kier alpha value is -3.33. The van der Waals surface area contributed by atoms with E-state index in [1.807, 2.05) is 13.8 Å². The minimum atomic E-state index is -2.89. The molecule has 190 valence electrons. The summed E-state index contributed by atoms with van der Waals surface area (Å²) in [5.41, 5.74) is 3.45. The Balaban J connectivity index is 1.55. The maximum atomic E-state index is 14.2. The molecule has 1 aliphatic carbocycles. The molecule has 0 radical (unpaired) electrons. The molecule has 2 N–H and O–H groups in total. The number of aryl methyl sites for hydroxylation is 2. The Bertz CT molecular complexity index is 1230. The van der Waals surface area contributed by atoms with Crippen molar-refractivity contribution >= 4 is 29.1 Å². The summed E-state index contributed by atoms with van der Waals surface area (Å²) in [6, 6.07) is 7.51. The predicted octanol–water partition coefficient (Wildman–Crippen LogP) is 5.82. The minimum absolute atomic E-state index is 0.186. The number of halogens is 3. The molecule has 0 saturated heterocycles. The summed E-state index contributed by atoms with van der Waals surface area (Å²) in [4.78, 5) is 30.5. The van der Waals surface area contributed by atoms with Gasteiger partial charge in [-0.3, -0.25) is 14.6 Å². The smallest absolute Gasteiger partial charge is 0.257 e. The fourth-order valence-electron chi connectivity index (χ4n) is 4.63. The first-order valence-corrected chi connectivity index (χ1v) is 12.2. The van der Waals surface area contributed by atoms with Gasteiger partial charge in [-0.15, -0.1) is 0 Å². The Kier molecular flexibility index (Phi) is 7.68. The number of alkyl halides is 2. The third-order valence-corrected chi connectivity index (χ3v) is 6.79. The zero-order chi connectivity index (χ0) is 25.9. The van der Waals surface area contributed by atoms with Crippen molar-refractivity contribution in [2.45, 2.75) is 57.9 Å². The van der Waals surface area contributed by atoms with Gasteiger partial charge in [-0.2, -0.15) is 0 Å². The second kappa shape index (κ2) is 10.7. The van der Waals surface area contributed by atoms with Crippen LogP contribution in [-0.2, 0) is 11.2 Å². The summed E-state index contributed by atoms with van der Waals surface area (Å²) < 4.78 is 33.3. The van der Waals surface area contributed by atoms with Gasteiger partial charge in [0.1, 0.15) is 17.9 Å². The topological polar surface area (TPSA) is 97.1 Å². The number of benzene rings is 1. The zero-order valence-corrected chi connectivity index (χ0v) is 20.7. The van der Waals surface area contributed by atoms with Crippen LogP contribution in [-0.4, -0.2) is 33.9 Å². The number of pyridine rings is 1. The third kappa shape index (κ3) is 5.73. The highest BCUT2D eigenvalue weighted by molar-refractivity contribution is 6.33. The molecule has 0 bridgehead atoms. The number of carbonyl (C=O) groups is 2. The summed E-state index contributed by atoms with van der Waals surface area (Å²) >= 11 is 6.33. The van der Waals surface area contributed by atoms with Gasteiger partial charge in [0.25, 0.3) is 5.91 Å². The number of amides is 2. The van der Waals surface area contributed by atoms with Gasteiger partial charge in [0.05, 0.1) is 10.7 Å². The van der Waals surface area contributed by atoms with Crippen LogP contribution in [0.1, 0.15) is 54.4 Å². The molecule has 10 heteroatoms. The Labute approximate surface area is 212 Å². The van der Waals surface area contributed by atoms with E-state index in [4.69, 9.17) is 16.1 Å². The van der Waals surface area contributed by atoms with Crippen molar-refractivity contribution in [1.82, 2.24) is 15.5 Å². The van der Waals surface area contributed by atoms with Crippen molar-refractivity contribution in [2.75, 3.05) is 5.32 Å². The van der Waals surface area contributed by atoms with Gasteiger partial charge in [-0.05, 0) is 55.9 Å². The highest BCUT2D eigenvalue weighted by Crippen LogP contribution is 2.38. The lowest BCUT2D eigenvalue weighted by Crippen LogP contribution is -2.51. The molecule has 4 rings (SSSR count). The summed E-state index contributed by atoms with van der Waals surface area (Å²) in [6.07, 6.45) is 3.23. The van der Waals surface area contributed by atoms with Crippen LogP contribution in [0.5, 0.6) is 0 Å². The van der Waals surface area contributed by atoms with Crippen LogP contribution in [0, 0.1) is 12.8 Å². The van der Waals surface area contributed by atoms with Crippen LogP contribution in [0.3, 0.4) is 0 Å². The Morgan fingerprint density at radius 1 is 1.25 bits per heavy atom. The molecule has 1 saturated carbocycles. The number of carbonyl (C=O) groups excluding carboxylic acids is 2. The lowest BCUT2D eigenvalue weighted by Gasteiger charge is -2.34. The second-order valence-corrected chi connectivity index (χ2v) is 9.42. The van der Waals surface area contributed by atoms with Gasteiger partial charge < -0.3 is 15.2 Å². The monoisotopic (exact) mass is 516 g/mol. The summed E-state index contributed by atoms with van der Waals surface area (Å²) in [6.45, 7) is 3.66. The van der Waals surface area contributed by atoms with Crippen LogP contribution in [0.4, 0.5) is 14.5 Å². The fraction of sp³-hybridized carbons (Fsp3) is 0.385. The maximum Gasteiger partial charge on any atom is 0.257 e. The van der Waals surface area contributed by atoms with E-state index in [0.717, 1.165) is 16.8 Å². The highest BCUT2D eigenvalue weighted by Gasteiger charge is 2.42. The van der Waals surface area contributed by atoms with Gasteiger partial charge in [0.15, 0.2) is 0 Å². The first-order valence-electron chi connectivity index (χ1n) is 11.8. The predicted molar refractivity (Wildman–Crippen MR) is 132 cm³/mol. The van der Waals surface area contributed by atoms with Gasteiger partial charge in [-0.1, -0.05) is 35.8 Å². The average Bonchev–Trinajstić information content (AvgIpc) is 3.32. The lowest BCUT2D eigenvalue weighted by atomic mass is 9.81. The van der Waals surface area contributed by atoms with Crippen molar-refractivity contribution < 1.29 is 22.9 Å². The first kappa shape index (κ1) is 25.8. The molecule has 2 amide bonds. The minimum Gasteiger partial charge on any atom is -0.364 e. The molecule has 1 aliphatic rings. The second-order valence-electron chi connectivity index (χ2n) is 9.01. The molecule has 1 aromatic carbocycles. The Morgan fingerprint density at radius 3 is 2.67 bits per heavy atom. The molecule has 36 heavy (non-hydrogen) atoms. The van der Waals surface area contributed by atoms with Crippen molar-refractivity contribution in [1.29, 1.82) is 0 Å². The van der Waals surface area contributed by atoms with E-state index in [1.54, 1.807) is 36.5 Å². The standard InChI is InChI=1S/C26H27ClF2N4O3/c1-3-21-19(14-36-33-21)24(34)32-23(17-5-4-11-26(28,29)13-17)25(35)31-18-8-6-16(7-9-18)22-15(2)30-12-10-20(22)27/h6-10,12,14,17,23H,3-5,11,13H2,1-2H3,(H,31,35)(H,32,34)/t17-,23-/m0/s1. The molecule has 0 unspecified atom stereocenters. The zero-order valence-electron chi connectivity index (χ0n) is 20.0. The van der Waals surface area contributed by atoms with E-state index in [9.17, 15) is 18.4 Å². The number of nitrogens with one attached hydrogen (secondary N) is 2. The van der Waals surface area contributed by atoms with Crippen molar-refractivity contribution in [3.05, 3.63) is 64.8 Å². The third-order valence-electron chi connectivity index (χ3n) is 6.47. The van der Waals surface area contributed by atoms with Gasteiger partial charge in [0, 0.05) is 36.0 Å². The highest BCUT2D eigenvalue weighted by atomic mass is 35.5. The summed E-state index contributed by atoms with van der Waals surface area (Å²) in [7, 11) is 0. The molecule has 3 aromatic rings. The molecule has 0 aliphatic heterocycles. The largest absolute Gasteiger partial charge is 0.364 e. The molecule has 2 heterocycles. The summed E-state index contributed by atoms with van der Waals surface area (Å²) in [5.74, 6) is -4.76. The van der Waals surface area contributed by atoms with Crippen LogP contribution < -0.4 is 10.6 Å². The van der Waals surface area contributed by atoms with E-state index in [0.29, 0.717) is 29.2 Å². The normalized spacial score (nSPS) is 17.9. The van der Waals surface area contributed by atoms with E-state index in [2.05, 4.69) is 20.8 Å². The molecule has 7 nitrogen and oxygen atoms in total. The average molecular weight is 517 g/mol. The maximum absolute atomic E-state index is 14.2. The lowest BCUT2D eigenvalue weighted by molar-refractivity contribution is -0.121. The van der Waals surface area contributed by atoms with Crippen LogP contribution in [0.25, 0.3) is 11.1 Å². The van der Waals surface area contributed by atoms with Crippen LogP contribution in [0.15, 0.2) is 47.3 Å². The van der Waals surface area contributed by atoms with Crippen molar-refractivity contribution in [2.24, 2.45) is 5.92 Å². The molecular weight excluding hydrogens is 490 g/mol. The van der Waals surface area contributed by atoms with Crippen LogP contribution >= 0.6 is 11.6 Å². The van der Waals surface area contributed by atoms with E-state index in [1.165, 1.54) is 6.26 Å². The number of rotatable bonds is 7. The van der Waals surface area contributed by atoms with Crippen LogP contribution in [0.2, 0.25) is 5.02 Å². The Morgan fingerprint density at radius 2 is 2.00 bits per heavy atom. The molecule has 0 spiro atoms. The van der Waals surface area contributed by atoms with Crippen molar-refractivity contribution in [3.8, 4) is 11.1 Å². The SMILES string of the molecule is CCc1nocc1C(=O)N[C@H](C(=O)Nc1ccc(-c2c(Cl)ccnc2C)cc1)[C@H]1CCCC(F)(F)C1. The molecule has 2 atom stereocenters. The number of hydrogen-bond acceptors (Lipinski definition) is 5. The van der Waals surface area contributed by atoms with Crippen molar-refractivity contribution in [3.63, 3.8) is 0 Å². The molecule has 2 aromatic heterocycles. The quantitative estimate of drug-likeness (QED) is 0.412. The number of anilines is 1. The molecule has 1 fully saturated rings. The van der Waals surface area contributed by atoms with E-state index < -0.39 is 36.1 Å². The number of nitrogens with zero attached hydrogens (tertiary/aromatic N) is 2. The van der Waals surface area contributed by atoms with E-state index in [-0.39, 0.29) is 18.4 Å². The number of hydrogen-bond donors (Lipinski definition) is 2. The first-order chi connectivity index (χ1) is 17.2.